The summed E-state index contributed by atoms with van der Waals surface area (Å²) < 4.78 is 0. The van der Waals surface area contributed by atoms with Crippen LogP contribution in [0.15, 0.2) is 24.4 Å². The number of carbonyl (C=O) groups excluding carboxylic acids is 1. The largest absolute Gasteiger partial charge is 0.310 e. The van der Waals surface area contributed by atoms with Gasteiger partial charge in [-0.2, -0.15) is 5.10 Å². The molecule has 0 saturated carbocycles. The monoisotopic (exact) mass is 270 g/mol. The molecule has 17 heavy (non-hydrogen) atoms. The summed E-state index contributed by atoms with van der Waals surface area (Å²) in [6.07, 6.45) is 1.62. The van der Waals surface area contributed by atoms with Crippen molar-refractivity contribution in [3.8, 4) is 0 Å². The van der Waals surface area contributed by atoms with Crippen molar-refractivity contribution in [2.24, 2.45) is 0 Å². The molecule has 7 heteroatoms. The number of rotatable bonds is 3. The number of nitrogens with one attached hydrogen (secondary N) is 2. The van der Waals surface area contributed by atoms with Crippen molar-refractivity contribution in [3.63, 3.8) is 0 Å². The van der Waals surface area contributed by atoms with Crippen molar-refractivity contribution < 1.29 is 4.79 Å². The summed E-state index contributed by atoms with van der Waals surface area (Å²) in [5, 5.41) is 9.84. The Labute approximate surface area is 107 Å². The second kappa shape index (κ2) is 5.16. The first-order chi connectivity index (χ1) is 8.13. The molecule has 0 spiro atoms. The minimum atomic E-state index is -0.208. The van der Waals surface area contributed by atoms with Crippen LogP contribution in [0.3, 0.4) is 0 Å². The zero-order valence-corrected chi connectivity index (χ0v) is 10.1. The Morgan fingerprint density at radius 3 is 2.82 bits per heavy atom. The lowest BCUT2D eigenvalue weighted by molar-refractivity contribution is -0.115. The van der Waals surface area contributed by atoms with Gasteiger partial charge in [-0.05, 0) is 18.2 Å². The van der Waals surface area contributed by atoms with E-state index >= 15 is 0 Å². The summed E-state index contributed by atoms with van der Waals surface area (Å²) in [4.78, 5) is 15.6. The molecular formula is C10H8Cl2N4O. The third-order valence-electron chi connectivity index (χ3n) is 1.95. The van der Waals surface area contributed by atoms with E-state index in [2.05, 4.69) is 20.5 Å². The first-order valence-electron chi connectivity index (χ1n) is 4.74. The number of hydrogen-bond acceptors (Lipinski definition) is 3. The zero-order chi connectivity index (χ0) is 12.3. The lowest BCUT2D eigenvalue weighted by atomic mass is 10.3. The highest BCUT2D eigenvalue weighted by molar-refractivity contribution is 6.30. The molecule has 0 unspecified atom stereocenters. The minimum Gasteiger partial charge on any atom is -0.310 e. The van der Waals surface area contributed by atoms with Crippen molar-refractivity contribution in [1.29, 1.82) is 0 Å². The number of nitrogens with zero attached hydrogens (tertiary/aromatic N) is 2. The molecule has 0 aliphatic carbocycles. The summed E-state index contributed by atoms with van der Waals surface area (Å²) >= 11 is 11.3. The van der Waals surface area contributed by atoms with Crippen molar-refractivity contribution >= 4 is 34.9 Å². The van der Waals surface area contributed by atoms with Crippen LogP contribution >= 0.6 is 23.2 Å². The molecule has 2 N–H and O–H groups in total. The SMILES string of the molecule is O=C(Cc1cc(Cl)n[nH]1)Nc1ccc(Cl)cn1. The first kappa shape index (κ1) is 11.9. The van der Waals surface area contributed by atoms with E-state index in [1.807, 2.05) is 0 Å². The smallest absolute Gasteiger partial charge is 0.231 e. The van der Waals surface area contributed by atoms with E-state index in [1.54, 1.807) is 18.2 Å². The number of aromatic nitrogens is 3. The predicted molar refractivity (Wildman–Crippen MR) is 65.2 cm³/mol. The third-order valence-corrected chi connectivity index (χ3v) is 2.36. The van der Waals surface area contributed by atoms with Gasteiger partial charge in [-0.3, -0.25) is 9.89 Å². The summed E-state index contributed by atoms with van der Waals surface area (Å²) in [5.41, 5.74) is 0.640. The highest BCUT2D eigenvalue weighted by atomic mass is 35.5. The average Bonchev–Trinajstić information content (AvgIpc) is 2.67. The Kier molecular flexibility index (Phi) is 3.61. The van der Waals surface area contributed by atoms with Gasteiger partial charge >= 0.3 is 0 Å². The van der Waals surface area contributed by atoms with Crippen LogP contribution in [0.5, 0.6) is 0 Å². The number of carbonyl (C=O) groups is 1. The van der Waals surface area contributed by atoms with Crippen LogP contribution in [0.2, 0.25) is 10.2 Å². The summed E-state index contributed by atoms with van der Waals surface area (Å²) in [7, 11) is 0. The quantitative estimate of drug-likeness (QED) is 0.899. The van der Waals surface area contributed by atoms with Crippen molar-refractivity contribution in [2.45, 2.75) is 6.42 Å². The van der Waals surface area contributed by atoms with E-state index in [4.69, 9.17) is 23.2 Å². The molecule has 0 aliphatic rings. The van der Waals surface area contributed by atoms with Crippen LogP contribution in [0.4, 0.5) is 5.82 Å². The topological polar surface area (TPSA) is 70.7 Å². The number of amides is 1. The molecule has 2 aromatic rings. The van der Waals surface area contributed by atoms with E-state index in [0.29, 0.717) is 21.7 Å². The molecule has 1 amide bonds. The van der Waals surface area contributed by atoms with Crippen LogP contribution in [-0.4, -0.2) is 21.1 Å². The predicted octanol–water partition coefficient (Wildman–Crippen LogP) is 2.29. The summed E-state index contributed by atoms with van der Waals surface area (Å²) in [6, 6.07) is 4.87. The van der Waals surface area contributed by atoms with Gasteiger partial charge in [-0.25, -0.2) is 4.98 Å². The molecule has 0 fully saturated rings. The minimum absolute atomic E-state index is 0.157. The van der Waals surface area contributed by atoms with Gasteiger partial charge in [0.15, 0.2) is 5.15 Å². The fraction of sp³-hybridized carbons (Fsp3) is 0.100. The molecule has 0 bridgehead atoms. The molecule has 0 aliphatic heterocycles. The third kappa shape index (κ3) is 3.44. The van der Waals surface area contributed by atoms with Crippen LogP contribution in [0.1, 0.15) is 5.69 Å². The van der Waals surface area contributed by atoms with Gasteiger partial charge in [-0.15, -0.1) is 0 Å². The number of anilines is 1. The second-order valence-corrected chi connectivity index (χ2v) is 4.13. The fourth-order valence-electron chi connectivity index (χ4n) is 1.23. The Morgan fingerprint density at radius 2 is 2.24 bits per heavy atom. The zero-order valence-electron chi connectivity index (χ0n) is 8.58. The fourth-order valence-corrected chi connectivity index (χ4v) is 1.52. The number of aromatic amines is 1. The van der Waals surface area contributed by atoms with E-state index in [-0.39, 0.29) is 12.3 Å². The Morgan fingerprint density at radius 1 is 1.41 bits per heavy atom. The van der Waals surface area contributed by atoms with Crippen LogP contribution < -0.4 is 5.32 Å². The summed E-state index contributed by atoms with van der Waals surface area (Å²) in [5.74, 6) is 0.241. The number of pyridine rings is 1. The van der Waals surface area contributed by atoms with Gasteiger partial charge < -0.3 is 5.32 Å². The molecule has 2 aromatic heterocycles. The number of hydrogen-bond donors (Lipinski definition) is 2. The van der Waals surface area contributed by atoms with Gasteiger partial charge in [0.05, 0.1) is 11.4 Å². The molecule has 2 rings (SSSR count). The standard InChI is InChI=1S/C10H8Cl2N4O/c11-6-1-2-9(13-5-6)14-10(17)4-7-3-8(12)16-15-7/h1-3,5H,4H2,(H,15,16)(H,13,14,17). The average molecular weight is 271 g/mol. The van der Waals surface area contributed by atoms with Crippen molar-refractivity contribution in [3.05, 3.63) is 40.3 Å². The number of halogens is 2. The summed E-state index contributed by atoms with van der Waals surface area (Å²) in [6.45, 7) is 0. The van der Waals surface area contributed by atoms with Gasteiger partial charge in [0, 0.05) is 11.9 Å². The molecule has 2 heterocycles. The van der Waals surface area contributed by atoms with Gasteiger partial charge in [0.1, 0.15) is 5.82 Å². The van der Waals surface area contributed by atoms with E-state index < -0.39 is 0 Å². The molecule has 0 aromatic carbocycles. The second-order valence-electron chi connectivity index (χ2n) is 3.30. The number of H-pyrrole nitrogens is 1. The first-order valence-corrected chi connectivity index (χ1v) is 5.50. The molecule has 0 atom stereocenters. The van der Waals surface area contributed by atoms with Crippen molar-refractivity contribution in [2.75, 3.05) is 5.32 Å². The highest BCUT2D eigenvalue weighted by Gasteiger charge is 2.07. The normalized spacial score (nSPS) is 10.2. The maximum Gasteiger partial charge on any atom is 0.231 e. The maximum atomic E-state index is 11.6. The molecule has 88 valence electrons. The Hall–Kier alpha value is -1.59. The molecule has 0 radical (unpaired) electrons. The maximum absolute atomic E-state index is 11.6. The van der Waals surface area contributed by atoms with Gasteiger partial charge in [-0.1, -0.05) is 23.2 Å². The van der Waals surface area contributed by atoms with Gasteiger partial charge in [0.25, 0.3) is 0 Å². The molecular weight excluding hydrogens is 263 g/mol. The highest BCUT2D eigenvalue weighted by Crippen LogP contribution is 2.10. The van der Waals surface area contributed by atoms with E-state index in [0.717, 1.165) is 0 Å². The lowest BCUT2D eigenvalue weighted by Crippen LogP contribution is -2.15. The molecule has 0 saturated heterocycles. The van der Waals surface area contributed by atoms with E-state index in [1.165, 1.54) is 6.20 Å². The van der Waals surface area contributed by atoms with Crippen LogP contribution in [0.25, 0.3) is 0 Å². The lowest BCUT2D eigenvalue weighted by Gasteiger charge is -2.02. The Bertz CT molecular complexity index is 523. The van der Waals surface area contributed by atoms with Crippen LogP contribution in [-0.2, 0) is 11.2 Å². The molecule has 5 nitrogen and oxygen atoms in total. The van der Waals surface area contributed by atoms with Crippen molar-refractivity contribution in [1.82, 2.24) is 15.2 Å². The van der Waals surface area contributed by atoms with Crippen LogP contribution in [0, 0.1) is 0 Å². The van der Waals surface area contributed by atoms with Gasteiger partial charge in [0.2, 0.25) is 5.91 Å². The Balaban J connectivity index is 1.95. The van der Waals surface area contributed by atoms with E-state index in [9.17, 15) is 4.79 Å².